The van der Waals surface area contributed by atoms with Crippen LogP contribution in [0.25, 0.3) is 0 Å². The molecule has 2 heterocycles. The third-order valence-electron chi connectivity index (χ3n) is 3.72. The number of hydrogen-bond donors (Lipinski definition) is 4. The second-order valence-electron chi connectivity index (χ2n) is 5.51. The topological polar surface area (TPSA) is 116 Å². The minimum atomic E-state index is -0.540. The number of amides is 2. The molecule has 2 aromatic heterocycles. The zero-order valence-electron chi connectivity index (χ0n) is 13.8. The maximum Gasteiger partial charge on any atom is 0.276 e. The molecule has 1 aromatic carbocycles. The highest BCUT2D eigenvalue weighted by atomic mass is 79.9. The summed E-state index contributed by atoms with van der Waals surface area (Å²) in [6, 6.07) is 5.51. The molecule has 10 heteroatoms. The molecule has 2 amide bonds. The van der Waals surface area contributed by atoms with Crippen molar-refractivity contribution in [3.05, 3.63) is 56.7 Å². The number of imidazole rings is 1. The molecular weight excluding hydrogens is 424 g/mol. The number of H-pyrrole nitrogens is 2. The number of nitrogens with one attached hydrogen (secondary N) is 4. The average molecular weight is 438 g/mol. The first kappa shape index (κ1) is 18.2. The van der Waals surface area contributed by atoms with Gasteiger partial charge in [0.25, 0.3) is 11.8 Å². The average Bonchev–Trinajstić information content (AvgIpc) is 3.21. The van der Waals surface area contributed by atoms with Gasteiger partial charge >= 0.3 is 0 Å². The van der Waals surface area contributed by atoms with Crippen LogP contribution in [-0.4, -0.2) is 32.0 Å². The monoisotopic (exact) mass is 436 g/mol. The van der Waals surface area contributed by atoms with Gasteiger partial charge in [0.15, 0.2) is 10.8 Å². The van der Waals surface area contributed by atoms with Crippen LogP contribution in [0.3, 0.4) is 0 Å². The van der Waals surface area contributed by atoms with Crippen LogP contribution in [0.4, 0.5) is 11.5 Å². The predicted molar refractivity (Wildman–Crippen MR) is 102 cm³/mol. The summed E-state index contributed by atoms with van der Waals surface area (Å²) < 4.78 is 0.824. The number of anilines is 2. The van der Waals surface area contributed by atoms with Crippen molar-refractivity contribution in [3.8, 4) is 0 Å². The number of aromatic nitrogens is 4. The lowest BCUT2D eigenvalue weighted by atomic mass is 10.2. The molecule has 0 atom stereocenters. The third kappa shape index (κ3) is 3.63. The second kappa shape index (κ2) is 7.30. The Labute approximate surface area is 161 Å². The van der Waals surface area contributed by atoms with E-state index in [1.54, 1.807) is 13.0 Å². The maximum atomic E-state index is 12.6. The molecule has 0 aliphatic rings. The minimum absolute atomic E-state index is 0.0230. The number of aryl methyl sites for hydroxylation is 1. The van der Waals surface area contributed by atoms with Gasteiger partial charge < -0.3 is 15.6 Å². The van der Waals surface area contributed by atoms with E-state index in [-0.39, 0.29) is 16.5 Å². The molecule has 8 nitrogen and oxygen atoms in total. The molecule has 0 aliphatic carbocycles. The molecule has 134 valence electrons. The van der Waals surface area contributed by atoms with E-state index in [1.807, 2.05) is 19.1 Å². The van der Waals surface area contributed by atoms with Crippen LogP contribution in [0.15, 0.2) is 29.0 Å². The Bertz CT molecular complexity index is 997. The van der Waals surface area contributed by atoms with E-state index in [0.29, 0.717) is 17.1 Å². The molecule has 0 spiro atoms. The summed E-state index contributed by atoms with van der Waals surface area (Å²) in [6.07, 6.45) is 1.28. The molecule has 4 N–H and O–H groups in total. The predicted octanol–water partition coefficient (Wildman–Crippen LogP) is 3.67. The molecule has 0 radical (unpaired) electrons. The number of carbonyl (C=O) groups is 2. The van der Waals surface area contributed by atoms with Gasteiger partial charge in [0.2, 0.25) is 0 Å². The minimum Gasteiger partial charge on any atom is -0.340 e. The van der Waals surface area contributed by atoms with Gasteiger partial charge in [0.05, 0.1) is 6.33 Å². The van der Waals surface area contributed by atoms with Crippen LogP contribution in [0.5, 0.6) is 0 Å². The lowest BCUT2D eigenvalue weighted by molar-refractivity contribution is 0.0985. The molecule has 3 rings (SSSR count). The molecule has 0 saturated carbocycles. The largest absolute Gasteiger partial charge is 0.340 e. The Morgan fingerprint density at radius 3 is 2.65 bits per heavy atom. The Balaban J connectivity index is 1.81. The number of halogens is 2. The Hall–Kier alpha value is -2.65. The number of rotatable bonds is 4. The van der Waals surface area contributed by atoms with Gasteiger partial charge in [-0.3, -0.25) is 14.7 Å². The van der Waals surface area contributed by atoms with E-state index in [9.17, 15) is 9.59 Å². The van der Waals surface area contributed by atoms with Crippen molar-refractivity contribution in [3.63, 3.8) is 0 Å². The molecule has 0 bridgehead atoms. The van der Waals surface area contributed by atoms with E-state index < -0.39 is 11.8 Å². The second-order valence-corrected chi connectivity index (χ2v) is 6.78. The Morgan fingerprint density at radius 1 is 1.19 bits per heavy atom. The molecule has 0 aliphatic heterocycles. The summed E-state index contributed by atoms with van der Waals surface area (Å²) in [4.78, 5) is 31.7. The van der Waals surface area contributed by atoms with E-state index in [4.69, 9.17) is 11.6 Å². The fraction of sp³-hybridized carbons (Fsp3) is 0.125. The van der Waals surface area contributed by atoms with Gasteiger partial charge in [-0.15, -0.1) is 0 Å². The van der Waals surface area contributed by atoms with Gasteiger partial charge in [-0.2, -0.15) is 5.10 Å². The fourth-order valence-electron chi connectivity index (χ4n) is 2.22. The highest BCUT2D eigenvalue weighted by molar-refractivity contribution is 9.10. The number of nitrogens with zero attached hydrogens (tertiary/aromatic N) is 2. The molecule has 0 saturated heterocycles. The number of carbonyl (C=O) groups excluding carboxylic acids is 2. The lowest BCUT2D eigenvalue weighted by Gasteiger charge is -2.09. The molecule has 26 heavy (non-hydrogen) atoms. The van der Waals surface area contributed by atoms with Crippen LogP contribution in [0.1, 0.15) is 32.1 Å². The van der Waals surface area contributed by atoms with Gasteiger partial charge in [0.1, 0.15) is 11.5 Å². The highest BCUT2D eigenvalue weighted by Crippen LogP contribution is 2.22. The molecular formula is C16H14BrClN6O2. The third-order valence-corrected chi connectivity index (χ3v) is 4.58. The standard InChI is InChI=1S/C16H14BrClN6O2/c1-7-3-4-9(17)5-10(7)21-15(25)11-12(20-6-19-11)16(26)22-14-8(2)13(18)23-24-14/h3-6H,1-2H3,(H,19,20)(H,21,25)(H2,22,23,24,26). The van der Waals surface area contributed by atoms with E-state index in [0.717, 1.165) is 10.0 Å². The van der Waals surface area contributed by atoms with Crippen molar-refractivity contribution < 1.29 is 9.59 Å². The SMILES string of the molecule is Cc1ccc(Br)cc1NC(=O)c1nc[nH]c1C(=O)Nc1[nH]nc(Cl)c1C. The van der Waals surface area contributed by atoms with Gasteiger partial charge in [-0.05, 0) is 31.5 Å². The molecule has 0 fully saturated rings. The number of hydrogen-bond acceptors (Lipinski definition) is 4. The van der Waals surface area contributed by atoms with Gasteiger partial charge in [-0.1, -0.05) is 33.6 Å². The van der Waals surface area contributed by atoms with E-state index in [1.165, 1.54) is 6.33 Å². The van der Waals surface area contributed by atoms with Crippen LogP contribution < -0.4 is 10.6 Å². The zero-order valence-corrected chi connectivity index (χ0v) is 16.1. The quantitative estimate of drug-likeness (QED) is 0.498. The first-order chi connectivity index (χ1) is 12.4. The van der Waals surface area contributed by atoms with Gasteiger partial charge in [-0.25, -0.2) is 4.98 Å². The van der Waals surface area contributed by atoms with E-state index >= 15 is 0 Å². The van der Waals surface area contributed by atoms with Crippen molar-refractivity contribution in [1.29, 1.82) is 0 Å². The Kier molecular flexibility index (Phi) is 5.10. The summed E-state index contributed by atoms with van der Waals surface area (Å²) in [5.41, 5.74) is 2.10. The number of benzene rings is 1. The van der Waals surface area contributed by atoms with Crippen LogP contribution in [0, 0.1) is 13.8 Å². The van der Waals surface area contributed by atoms with E-state index in [2.05, 4.69) is 46.7 Å². The van der Waals surface area contributed by atoms with Crippen molar-refractivity contribution in [2.75, 3.05) is 10.6 Å². The highest BCUT2D eigenvalue weighted by Gasteiger charge is 2.22. The first-order valence-electron chi connectivity index (χ1n) is 7.49. The summed E-state index contributed by atoms with van der Waals surface area (Å²) in [5, 5.41) is 12.0. The summed E-state index contributed by atoms with van der Waals surface area (Å²) in [5.74, 6) is -0.692. The molecule has 0 unspecified atom stereocenters. The van der Waals surface area contributed by atoms with Crippen LogP contribution in [-0.2, 0) is 0 Å². The van der Waals surface area contributed by atoms with Crippen molar-refractivity contribution in [2.45, 2.75) is 13.8 Å². The van der Waals surface area contributed by atoms with Crippen molar-refractivity contribution in [1.82, 2.24) is 20.2 Å². The van der Waals surface area contributed by atoms with Gasteiger partial charge in [0, 0.05) is 15.7 Å². The fourth-order valence-corrected chi connectivity index (χ4v) is 2.72. The summed E-state index contributed by atoms with van der Waals surface area (Å²) in [6.45, 7) is 3.57. The summed E-state index contributed by atoms with van der Waals surface area (Å²) >= 11 is 9.22. The number of aromatic amines is 2. The Morgan fingerprint density at radius 2 is 1.96 bits per heavy atom. The van der Waals surface area contributed by atoms with Crippen LogP contribution in [0.2, 0.25) is 5.15 Å². The smallest absolute Gasteiger partial charge is 0.276 e. The summed E-state index contributed by atoms with van der Waals surface area (Å²) in [7, 11) is 0. The maximum absolute atomic E-state index is 12.6. The normalized spacial score (nSPS) is 10.6. The lowest BCUT2D eigenvalue weighted by Crippen LogP contribution is -2.21. The first-order valence-corrected chi connectivity index (χ1v) is 8.66. The van der Waals surface area contributed by atoms with Crippen LogP contribution >= 0.6 is 27.5 Å². The zero-order chi connectivity index (χ0) is 18.8. The van der Waals surface area contributed by atoms with Crippen molar-refractivity contribution in [2.24, 2.45) is 0 Å². The molecule has 3 aromatic rings. The van der Waals surface area contributed by atoms with Crippen molar-refractivity contribution >= 4 is 50.9 Å².